The number of nitrogens with one attached hydrogen (secondary N) is 1. The van der Waals surface area contributed by atoms with Crippen LogP contribution in [0.3, 0.4) is 0 Å². The third-order valence-electron chi connectivity index (χ3n) is 6.42. The van der Waals surface area contributed by atoms with Crippen molar-refractivity contribution in [2.24, 2.45) is 5.92 Å². The van der Waals surface area contributed by atoms with E-state index < -0.39 is 0 Å². The number of anilines is 1. The number of ketones is 1. The van der Waals surface area contributed by atoms with Crippen molar-refractivity contribution < 1.29 is 9.59 Å². The van der Waals surface area contributed by atoms with Crippen LogP contribution in [-0.2, 0) is 4.79 Å². The quantitative estimate of drug-likeness (QED) is 0.765. The summed E-state index contributed by atoms with van der Waals surface area (Å²) in [6.45, 7) is 5.57. The Morgan fingerprint density at radius 2 is 1.97 bits per heavy atom. The van der Waals surface area contributed by atoms with Gasteiger partial charge in [0.15, 0.2) is 0 Å². The largest absolute Gasteiger partial charge is 0.373 e. The van der Waals surface area contributed by atoms with Crippen LogP contribution in [0.25, 0.3) is 0 Å². The van der Waals surface area contributed by atoms with E-state index in [9.17, 15) is 9.59 Å². The molecule has 29 heavy (non-hydrogen) atoms. The molecule has 1 saturated carbocycles. The van der Waals surface area contributed by atoms with E-state index in [0.29, 0.717) is 30.7 Å². The number of hydrogen-bond donors (Lipinski definition) is 1. The molecule has 1 N–H and O–H groups in total. The second-order valence-electron chi connectivity index (χ2n) is 8.66. The second-order valence-corrected chi connectivity index (χ2v) is 8.66. The number of amides is 2. The summed E-state index contributed by atoms with van der Waals surface area (Å²) in [6.07, 6.45) is 4.39. The summed E-state index contributed by atoms with van der Waals surface area (Å²) in [4.78, 5) is 31.2. The molecule has 1 aromatic carbocycles. The topological polar surface area (TPSA) is 55.9 Å². The molecular weight excluding hydrogens is 364 g/mol. The molecule has 1 saturated heterocycles. The molecule has 2 aliphatic rings. The number of rotatable bonds is 7. The van der Waals surface area contributed by atoms with E-state index in [-0.39, 0.29) is 12.1 Å². The predicted octanol–water partition coefficient (Wildman–Crippen LogP) is 2.99. The molecule has 0 radical (unpaired) electrons. The molecule has 1 unspecified atom stereocenters. The van der Waals surface area contributed by atoms with Crippen LogP contribution in [0.4, 0.5) is 10.5 Å². The van der Waals surface area contributed by atoms with E-state index in [0.717, 1.165) is 51.0 Å². The fraction of sp³-hybridized carbons (Fsp3) is 0.652. The number of piperidine rings is 1. The Kier molecular flexibility index (Phi) is 7.53. The van der Waals surface area contributed by atoms with Crippen LogP contribution in [-0.4, -0.2) is 74.0 Å². The van der Waals surface area contributed by atoms with Gasteiger partial charge in [-0.3, -0.25) is 9.69 Å². The Morgan fingerprint density at radius 3 is 2.69 bits per heavy atom. The number of likely N-dealkylation sites (tertiary alicyclic amines) is 1. The Bertz CT molecular complexity index is 681. The Labute approximate surface area is 175 Å². The average molecular weight is 401 g/mol. The highest BCUT2D eigenvalue weighted by molar-refractivity contribution is 5.79. The number of likely N-dealkylation sites (N-methyl/N-ethyl adjacent to an activating group) is 2. The van der Waals surface area contributed by atoms with E-state index >= 15 is 0 Å². The Morgan fingerprint density at radius 1 is 1.21 bits per heavy atom. The maximum atomic E-state index is 12.8. The molecule has 1 heterocycles. The average Bonchev–Trinajstić information content (AvgIpc) is 2.72. The molecule has 0 spiro atoms. The zero-order chi connectivity index (χ0) is 20.8. The van der Waals surface area contributed by atoms with Gasteiger partial charge in [-0.2, -0.15) is 0 Å². The lowest BCUT2D eigenvalue weighted by Gasteiger charge is -2.47. The van der Waals surface area contributed by atoms with Gasteiger partial charge in [-0.05, 0) is 43.9 Å². The molecule has 2 fully saturated rings. The number of Topliss-reactive ketones (excluding diaryl/α,β-unsaturated/α-hetero) is 1. The predicted molar refractivity (Wildman–Crippen MR) is 117 cm³/mol. The lowest BCUT2D eigenvalue weighted by Crippen LogP contribution is -2.58. The van der Waals surface area contributed by atoms with E-state index in [4.69, 9.17) is 0 Å². The molecule has 1 aliphatic carbocycles. The standard InChI is InChI=1S/C23H36N4O2/c1-4-12-27-17-19(15-18-16-21(28)10-11-22(18)27)24-23(29)26(3)14-13-25(2)20-8-6-5-7-9-20/h5-9,18-19,22H,4,10-17H2,1-3H3,(H,24,29)/t18-,19+,22?/m1/s1. The first kappa shape index (κ1) is 21.6. The number of fused-ring (bicyclic) bond motifs is 1. The SMILES string of the molecule is CCCN1C[C@@H](NC(=O)N(C)CCN(C)c2ccccc2)C[C@@H]2CC(=O)CCC21. The lowest BCUT2D eigenvalue weighted by molar-refractivity contribution is -0.124. The molecule has 6 heteroatoms. The summed E-state index contributed by atoms with van der Waals surface area (Å²) in [5.41, 5.74) is 1.15. The molecule has 1 aliphatic heterocycles. The van der Waals surface area contributed by atoms with Crippen molar-refractivity contribution >= 4 is 17.5 Å². The zero-order valence-electron chi connectivity index (χ0n) is 18.1. The number of benzene rings is 1. The van der Waals surface area contributed by atoms with Crippen LogP contribution in [0.15, 0.2) is 30.3 Å². The monoisotopic (exact) mass is 400 g/mol. The van der Waals surface area contributed by atoms with Gasteiger partial charge in [0, 0.05) is 64.3 Å². The summed E-state index contributed by atoms with van der Waals surface area (Å²) < 4.78 is 0. The zero-order valence-corrected chi connectivity index (χ0v) is 18.1. The van der Waals surface area contributed by atoms with Crippen LogP contribution in [0, 0.1) is 5.92 Å². The highest BCUT2D eigenvalue weighted by Crippen LogP contribution is 2.34. The van der Waals surface area contributed by atoms with E-state index in [1.54, 1.807) is 4.90 Å². The van der Waals surface area contributed by atoms with Crippen molar-refractivity contribution in [1.29, 1.82) is 0 Å². The first-order valence-corrected chi connectivity index (χ1v) is 11.0. The van der Waals surface area contributed by atoms with Crippen LogP contribution < -0.4 is 10.2 Å². The minimum Gasteiger partial charge on any atom is -0.373 e. The number of nitrogens with zero attached hydrogens (tertiary/aromatic N) is 3. The number of para-hydroxylation sites is 1. The van der Waals surface area contributed by atoms with Gasteiger partial charge in [-0.1, -0.05) is 25.1 Å². The summed E-state index contributed by atoms with van der Waals surface area (Å²) in [7, 11) is 3.90. The normalized spacial score (nSPS) is 24.7. The van der Waals surface area contributed by atoms with Crippen molar-refractivity contribution in [3.8, 4) is 0 Å². The van der Waals surface area contributed by atoms with Crippen LogP contribution in [0.5, 0.6) is 0 Å². The van der Waals surface area contributed by atoms with Gasteiger partial charge in [0.2, 0.25) is 0 Å². The smallest absolute Gasteiger partial charge is 0.317 e. The summed E-state index contributed by atoms with van der Waals surface area (Å²) in [6, 6.07) is 10.8. The van der Waals surface area contributed by atoms with Crippen molar-refractivity contribution in [3.05, 3.63) is 30.3 Å². The highest BCUT2D eigenvalue weighted by atomic mass is 16.2. The molecule has 3 atom stereocenters. The molecule has 160 valence electrons. The molecular formula is C23H36N4O2. The molecule has 1 aromatic rings. The van der Waals surface area contributed by atoms with E-state index in [1.807, 2.05) is 32.3 Å². The third kappa shape index (κ3) is 5.72. The fourth-order valence-corrected chi connectivity index (χ4v) is 4.80. The number of hydrogen-bond acceptors (Lipinski definition) is 4. The highest BCUT2D eigenvalue weighted by Gasteiger charge is 2.39. The molecule has 2 amide bonds. The van der Waals surface area contributed by atoms with Gasteiger partial charge in [0.05, 0.1) is 0 Å². The van der Waals surface area contributed by atoms with Gasteiger partial charge in [0.1, 0.15) is 5.78 Å². The second kappa shape index (κ2) is 10.1. The Balaban J connectivity index is 1.51. The van der Waals surface area contributed by atoms with Crippen LogP contribution in [0.2, 0.25) is 0 Å². The number of carbonyl (C=O) groups is 2. The van der Waals surface area contributed by atoms with Gasteiger partial charge in [-0.25, -0.2) is 4.79 Å². The van der Waals surface area contributed by atoms with Crippen molar-refractivity contribution in [2.45, 2.75) is 51.1 Å². The number of carbonyl (C=O) groups excluding carboxylic acids is 2. The van der Waals surface area contributed by atoms with Crippen LogP contribution in [0.1, 0.15) is 39.0 Å². The Hall–Kier alpha value is -2.08. The minimum atomic E-state index is -0.0199. The first-order chi connectivity index (χ1) is 14.0. The van der Waals surface area contributed by atoms with Gasteiger partial charge in [0.25, 0.3) is 0 Å². The molecule has 0 bridgehead atoms. The van der Waals surface area contributed by atoms with Gasteiger partial charge < -0.3 is 15.1 Å². The maximum Gasteiger partial charge on any atom is 0.317 e. The van der Waals surface area contributed by atoms with Crippen LogP contribution >= 0.6 is 0 Å². The number of urea groups is 1. The maximum absolute atomic E-state index is 12.8. The van der Waals surface area contributed by atoms with Crippen molar-refractivity contribution in [3.63, 3.8) is 0 Å². The van der Waals surface area contributed by atoms with Gasteiger partial charge in [-0.15, -0.1) is 0 Å². The molecule has 3 rings (SSSR count). The van der Waals surface area contributed by atoms with E-state index in [1.165, 1.54) is 0 Å². The van der Waals surface area contributed by atoms with Crippen molar-refractivity contribution in [1.82, 2.24) is 15.1 Å². The summed E-state index contributed by atoms with van der Waals surface area (Å²) in [5, 5.41) is 3.23. The van der Waals surface area contributed by atoms with Crippen molar-refractivity contribution in [2.75, 3.05) is 45.2 Å². The fourth-order valence-electron chi connectivity index (χ4n) is 4.80. The lowest BCUT2D eigenvalue weighted by atomic mass is 9.76. The van der Waals surface area contributed by atoms with Gasteiger partial charge >= 0.3 is 6.03 Å². The molecule has 6 nitrogen and oxygen atoms in total. The summed E-state index contributed by atoms with van der Waals surface area (Å²) in [5.74, 6) is 0.770. The summed E-state index contributed by atoms with van der Waals surface area (Å²) >= 11 is 0. The van der Waals surface area contributed by atoms with E-state index in [2.05, 4.69) is 34.2 Å². The first-order valence-electron chi connectivity index (χ1n) is 11.0. The minimum absolute atomic E-state index is 0.0199. The molecule has 0 aromatic heterocycles. The third-order valence-corrected chi connectivity index (χ3v) is 6.42.